The topological polar surface area (TPSA) is 58.6 Å². The first-order valence-corrected chi connectivity index (χ1v) is 9.07. The molecule has 26 heavy (non-hydrogen) atoms. The van der Waals surface area contributed by atoms with Crippen molar-refractivity contribution >= 4 is 46.2 Å². The van der Waals surface area contributed by atoms with Gasteiger partial charge in [0.2, 0.25) is 5.91 Å². The van der Waals surface area contributed by atoms with Crippen molar-refractivity contribution < 1.29 is 14.3 Å². The van der Waals surface area contributed by atoms with Gasteiger partial charge in [0, 0.05) is 6.92 Å². The van der Waals surface area contributed by atoms with Gasteiger partial charge in [-0.2, -0.15) is 5.01 Å². The molecule has 0 aliphatic carbocycles. The Kier molecular flexibility index (Phi) is 5.70. The SMILES string of the molecule is CC(=O)NN1C(=O)/C(=C/c2cccc(OCc3ccccc3)c2)SC1=S. The van der Waals surface area contributed by atoms with Crippen LogP contribution in [0.1, 0.15) is 18.1 Å². The minimum Gasteiger partial charge on any atom is -0.489 e. The Morgan fingerprint density at radius 2 is 2.00 bits per heavy atom. The number of nitrogens with one attached hydrogen (secondary N) is 1. The molecule has 0 unspecified atom stereocenters. The highest BCUT2D eigenvalue weighted by Gasteiger charge is 2.32. The number of thiocarbonyl (C=S) groups is 1. The number of hydrogen-bond donors (Lipinski definition) is 1. The summed E-state index contributed by atoms with van der Waals surface area (Å²) < 4.78 is 6.10. The number of ether oxygens (including phenoxy) is 1. The number of hydrogen-bond acceptors (Lipinski definition) is 5. The average molecular weight is 384 g/mol. The molecule has 1 saturated heterocycles. The van der Waals surface area contributed by atoms with Crippen LogP contribution in [0.3, 0.4) is 0 Å². The van der Waals surface area contributed by atoms with Gasteiger partial charge >= 0.3 is 0 Å². The molecule has 1 aliphatic rings. The van der Waals surface area contributed by atoms with Gasteiger partial charge in [0.25, 0.3) is 5.91 Å². The van der Waals surface area contributed by atoms with Crippen LogP contribution in [0.5, 0.6) is 5.75 Å². The van der Waals surface area contributed by atoms with Crippen molar-refractivity contribution in [1.82, 2.24) is 10.4 Å². The number of rotatable bonds is 5. The summed E-state index contributed by atoms with van der Waals surface area (Å²) in [6.07, 6.45) is 1.73. The van der Waals surface area contributed by atoms with Gasteiger partial charge in [-0.15, -0.1) is 0 Å². The molecule has 0 atom stereocenters. The fourth-order valence-electron chi connectivity index (χ4n) is 2.31. The predicted molar refractivity (Wildman–Crippen MR) is 106 cm³/mol. The Hall–Kier alpha value is -2.64. The summed E-state index contributed by atoms with van der Waals surface area (Å²) >= 11 is 6.29. The van der Waals surface area contributed by atoms with Crippen LogP contribution in [0.25, 0.3) is 6.08 Å². The average Bonchev–Trinajstić information content (AvgIpc) is 2.88. The van der Waals surface area contributed by atoms with Crippen LogP contribution in [0.4, 0.5) is 0 Å². The minimum atomic E-state index is -0.348. The number of hydrazine groups is 1. The lowest BCUT2D eigenvalue weighted by molar-refractivity contribution is -0.131. The van der Waals surface area contributed by atoms with Gasteiger partial charge in [-0.1, -0.05) is 54.2 Å². The lowest BCUT2D eigenvalue weighted by Crippen LogP contribution is -2.43. The second kappa shape index (κ2) is 8.16. The van der Waals surface area contributed by atoms with E-state index < -0.39 is 0 Å². The first kappa shape index (κ1) is 18.2. The number of carbonyl (C=O) groups is 2. The molecule has 0 radical (unpaired) electrons. The van der Waals surface area contributed by atoms with Gasteiger partial charge in [0.1, 0.15) is 12.4 Å². The summed E-state index contributed by atoms with van der Waals surface area (Å²) in [4.78, 5) is 24.0. The third-order valence-electron chi connectivity index (χ3n) is 3.47. The summed E-state index contributed by atoms with van der Waals surface area (Å²) in [6.45, 7) is 1.80. The summed E-state index contributed by atoms with van der Waals surface area (Å²) in [7, 11) is 0. The van der Waals surface area contributed by atoms with Gasteiger partial charge in [0.15, 0.2) is 4.32 Å². The molecule has 3 rings (SSSR count). The Morgan fingerprint density at radius 1 is 1.23 bits per heavy atom. The highest BCUT2D eigenvalue weighted by atomic mass is 32.2. The monoisotopic (exact) mass is 384 g/mol. The zero-order valence-electron chi connectivity index (χ0n) is 14.0. The first-order valence-electron chi connectivity index (χ1n) is 7.85. The van der Waals surface area contributed by atoms with E-state index in [2.05, 4.69) is 5.43 Å². The van der Waals surface area contributed by atoms with E-state index in [4.69, 9.17) is 17.0 Å². The summed E-state index contributed by atoms with van der Waals surface area (Å²) in [5, 5.41) is 1.09. The largest absolute Gasteiger partial charge is 0.489 e. The Labute approximate surface area is 161 Å². The van der Waals surface area contributed by atoms with Crippen LogP contribution in [-0.2, 0) is 16.2 Å². The summed E-state index contributed by atoms with van der Waals surface area (Å²) in [5.41, 5.74) is 4.32. The number of nitrogens with zero attached hydrogens (tertiary/aromatic N) is 1. The van der Waals surface area contributed by atoms with Crippen molar-refractivity contribution in [3.63, 3.8) is 0 Å². The zero-order chi connectivity index (χ0) is 18.5. The maximum Gasteiger partial charge on any atom is 0.285 e. The zero-order valence-corrected chi connectivity index (χ0v) is 15.6. The second-order valence-electron chi connectivity index (χ2n) is 5.53. The quantitative estimate of drug-likeness (QED) is 0.631. The molecule has 1 heterocycles. The molecule has 1 fully saturated rings. The van der Waals surface area contributed by atoms with Crippen LogP contribution in [0, 0.1) is 0 Å². The normalized spacial score (nSPS) is 15.4. The molecule has 2 amide bonds. The molecule has 0 saturated carbocycles. The second-order valence-corrected chi connectivity index (χ2v) is 7.21. The van der Waals surface area contributed by atoms with E-state index in [0.29, 0.717) is 21.6 Å². The smallest absolute Gasteiger partial charge is 0.285 e. The van der Waals surface area contributed by atoms with Gasteiger partial charge in [-0.25, -0.2) is 0 Å². The standard InChI is InChI=1S/C19H16N2O3S2/c1-13(22)20-21-18(23)17(26-19(21)25)11-15-8-5-9-16(10-15)24-12-14-6-3-2-4-7-14/h2-11H,12H2,1H3,(H,20,22)/b17-11-. The summed E-state index contributed by atoms with van der Waals surface area (Å²) in [5.74, 6) is 0.0182. The fourth-order valence-corrected chi connectivity index (χ4v) is 3.49. The van der Waals surface area contributed by atoms with E-state index in [1.807, 2.05) is 54.6 Å². The van der Waals surface area contributed by atoms with Gasteiger partial charge in [-0.05, 0) is 41.6 Å². The summed E-state index contributed by atoms with van der Waals surface area (Å²) in [6, 6.07) is 17.3. The van der Waals surface area contributed by atoms with Crippen LogP contribution in [-0.4, -0.2) is 21.1 Å². The molecule has 7 heteroatoms. The predicted octanol–water partition coefficient (Wildman–Crippen LogP) is 3.52. The van der Waals surface area contributed by atoms with E-state index in [1.54, 1.807) is 6.08 Å². The van der Waals surface area contributed by atoms with E-state index in [1.165, 1.54) is 6.92 Å². The Bertz CT molecular complexity index is 881. The lowest BCUT2D eigenvalue weighted by Gasteiger charge is -2.13. The van der Waals surface area contributed by atoms with Crippen molar-refractivity contribution in [2.45, 2.75) is 13.5 Å². The van der Waals surface area contributed by atoms with Crippen molar-refractivity contribution in [2.24, 2.45) is 0 Å². The fraction of sp³-hybridized carbons (Fsp3) is 0.105. The van der Waals surface area contributed by atoms with E-state index in [-0.39, 0.29) is 11.8 Å². The van der Waals surface area contributed by atoms with Gasteiger partial charge in [0.05, 0.1) is 4.91 Å². The molecule has 2 aromatic rings. The molecule has 0 aromatic heterocycles. The van der Waals surface area contributed by atoms with Crippen molar-refractivity contribution in [3.05, 3.63) is 70.6 Å². The maximum absolute atomic E-state index is 12.4. The third kappa shape index (κ3) is 4.50. The van der Waals surface area contributed by atoms with E-state index in [0.717, 1.165) is 27.9 Å². The van der Waals surface area contributed by atoms with Crippen LogP contribution in [0.2, 0.25) is 0 Å². The lowest BCUT2D eigenvalue weighted by atomic mass is 10.2. The first-order chi connectivity index (χ1) is 12.5. The molecule has 1 N–H and O–H groups in total. The van der Waals surface area contributed by atoms with E-state index >= 15 is 0 Å². The molecule has 2 aromatic carbocycles. The van der Waals surface area contributed by atoms with Crippen molar-refractivity contribution in [3.8, 4) is 5.75 Å². The Morgan fingerprint density at radius 3 is 2.73 bits per heavy atom. The Balaban J connectivity index is 1.72. The van der Waals surface area contributed by atoms with Crippen LogP contribution in [0.15, 0.2) is 59.5 Å². The van der Waals surface area contributed by atoms with Crippen molar-refractivity contribution in [2.75, 3.05) is 0 Å². The van der Waals surface area contributed by atoms with Crippen LogP contribution < -0.4 is 10.2 Å². The van der Waals surface area contributed by atoms with Crippen molar-refractivity contribution in [1.29, 1.82) is 0 Å². The number of amides is 2. The van der Waals surface area contributed by atoms with Gasteiger partial charge in [-0.3, -0.25) is 15.0 Å². The molecule has 0 spiro atoms. The molecule has 0 bridgehead atoms. The number of thioether (sulfide) groups is 1. The minimum absolute atomic E-state index is 0.299. The number of carbonyl (C=O) groups excluding carboxylic acids is 2. The highest BCUT2D eigenvalue weighted by Crippen LogP contribution is 2.31. The molecule has 132 valence electrons. The number of benzene rings is 2. The van der Waals surface area contributed by atoms with E-state index in [9.17, 15) is 9.59 Å². The van der Waals surface area contributed by atoms with Gasteiger partial charge < -0.3 is 4.74 Å². The maximum atomic E-state index is 12.4. The highest BCUT2D eigenvalue weighted by molar-refractivity contribution is 8.26. The third-order valence-corrected chi connectivity index (χ3v) is 4.77. The molecule has 1 aliphatic heterocycles. The molecular formula is C19H16N2O3S2. The molecular weight excluding hydrogens is 368 g/mol. The van der Waals surface area contributed by atoms with Crippen LogP contribution >= 0.6 is 24.0 Å². The molecule has 5 nitrogen and oxygen atoms in total.